The van der Waals surface area contributed by atoms with Crippen LogP contribution in [0.1, 0.15) is 11.0 Å². The number of amides is 1. The zero-order valence-electron chi connectivity index (χ0n) is 8.21. The SMILES string of the molecule is [2H]C([2H])(O)C([2H])(NC(C)=O)C(=O)O. The highest BCUT2D eigenvalue weighted by Gasteiger charge is 2.15. The van der Waals surface area contributed by atoms with Gasteiger partial charge in [0, 0.05) is 6.92 Å². The van der Waals surface area contributed by atoms with Gasteiger partial charge in [0.1, 0.15) is 6.02 Å². The Hall–Kier alpha value is -1.10. The van der Waals surface area contributed by atoms with Crippen LogP contribution in [0.4, 0.5) is 0 Å². The summed E-state index contributed by atoms with van der Waals surface area (Å²) in [6.07, 6.45) is 0. The van der Waals surface area contributed by atoms with Gasteiger partial charge in [0.2, 0.25) is 5.91 Å². The highest BCUT2D eigenvalue weighted by atomic mass is 16.4. The predicted molar refractivity (Wildman–Crippen MR) is 32.3 cm³/mol. The standard InChI is InChI=1S/C5H9NO4/c1-3(8)6-4(2-7)5(9)10/h4,7H,2H2,1H3,(H,6,8)(H,9,10)/i2D2,4D. The lowest BCUT2D eigenvalue weighted by atomic mass is 10.3. The van der Waals surface area contributed by atoms with E-state index in [1.807, 2.05) is 0 Å². The Balaban J connectivity index is 4.96. The maximum atomic E-state index is 10.4. The van der Waals surface area contributed by atoms with Gasteiger partial charge in [-0.1, -0.05) is 0 Å². The fraction of sp³-hybridized carbons (Fsp3) is 0.600. The van der Waals surface area contributed by atoms with Gasteiger partial charge in [-0.05, 0) is 0 Å². The van der Waals surface area contributed by atoms with Gasteiger partial charge < -0.3 is 15.5 Å². The maximum Gasteiger partial charge on any atom is 0.328 e. The van der Waals surface area contributed by atoms with Crippen molar-refractivity contribution in [3.63, 3.8) is 0 Å². The summed E-state index contributed by atoms with van der Waals surface area (Å²) in [7, 11) is 0. The van der Waals surface area contributed by atoms with Gasteiger partial charge in [0.15, 0.2) is 0 Å². The number of carbonyl (C=O) groups excluding carboxylic acids is 1. The third-order valence-electron chi connectivity index (χ3n) is 0.627. The first kappa shape index (κ1) is 4.68. The van der Waals surface area contributed by atoms with Crippen LogP contribution in [0.25, 0.3) is 0 Å². The molecule has 1 atom stereocenters. The van der Waals surface area contributed by atoms with Crippen molar-refractivity contribution in [1.29, 1.82) is 0 Å². The van der Waals surface area contributed by atoms with Crippen LogP contribution in [-0.4, -0.2) is 34.7 Å². The molecule has 0 rings (SSSR count). The number of hydrogen-bond donors (Lipinski definition) is 3. The van der Waals surface area contributed by atoms with Gasteiger partial charge in [0.25, 0.3) is 0 Å². The Bertz CT molecular complexity index is 238. The van der Waals surface area contributed by atoms with Crippen molar-refractivity contribution in [2.45, 2.75) is 12.9 Å². The minimum Gasteiger partial charge on any atom is -0.480 e. The topological polar surface area (TPSA) is 86.6 Å². The molecule has 0 saturated heterocycles. The van der Waals surface area contributed by atoms with E-state index >= 15 is 0 Å². The molecule has 10 heavy (non-hydrogen) atoms. The monoisotopic (exact) mass is 150 g/mol. The number of rotatable bonds is 3. The average Bonchev–Trinajstić information content (AvgIpc) is 1.82. The Morgan fingerprint density at radius 2 is 2.40 bits per heavy atom. The molecule has 0 heterocycles. The number of aliphatic carboxylic acids is 1. The van der Waals surface area contributed by atoms with Crippen LogP contribution in [0, 0.1) is 0 Å². The van der Waals surface area contributed by atoms with Crippen LogP contribution in [0.2, 0.25) is 0 Å². The van der Waals surface area contributed by atoms with Crippen molar-refractivity contribution in [2.75, 3.05) is 6.56 Å². The summed E-state index contributed by atoms with van der Waals surface area (Å²) in [5.41, 5.74) is 0. The third-order valence-corrected chi connectivity index (χ3v) is 0.627. The Morgan fingerprint density at radius 1 is 1.90 bits per heavy atom. The van der Waals surface area contributed by atoms with Gasteiger partial charge in [-0.3, -0.25) is 4.79 Å². The van der Waals surface area contributed by atoms with Crippen molar-refractivity contribution >= 4 is 11.9 Å². The molecule has 0 bridgehead atoms. The van der Waals surface area contributed by atoms with Gasteiger partial charge in [0.05, 0.1) is 10.7 Å². The lowest BCUT2D eigenvalue weighted by Crippen LogP contribution is -2.42. The number of carboxylic acid groups (broad SMARTS) is 1. The molecule has 0 aliphatic carbocycles. The predicted octanol–water partition coefficient (Wildman–Crippen LogP) is -1.43. The summed E-state index contributed by atoms with van der Waals surface area (Å²) in [5, 5.41) is 18.6. The van der Waals surface area contributed by atoms with Gasteiger partial charge in [-0.2, -0.15) is 0 Å². The third kappa shape index (κ3) is 3.03. The molecule has 0 aromatic rings. The summed E-state index contributed by atoms with van der Waals surface area (Å²) in [5.74, 6) is -2.90. The fourth-order valence-electron chi connectivity index (χ4n) is 0.305. The lowest BCUT2D eigenvalue weighted by molar-refractivity contribution is -0.142. The molecule has 0 aromatic heterocycles. The molecule has 0 aliphatic rings. The fourth-order valence-corrected chi connectivity index (χ4v) is 0.305. The lowest BCUT2D eigenvalue weighted by Gasteiger charge is -2.08. The number of nitrogens with one attached hydrogen (secondary N) is 1. The highest BCUT2D eigenvalue weighted by Crippen LogP contribution is 1.80. The van der Waals surface area contributed by atoms with E-state index in [9.17, 15) is 9.59 Å². The second kappa shape index (κ2) is 3.84. The molecular formula is C5H9NO4. The molecule has 0 fully saturated rings. The quantitative estimate of drug-likeness (QED) is 0.460. The molecule has 0 aliphatic heterocycles. The van der Waals surface area contributed by atoms with E-state index in [2.05, 4.69) is 0 Å². The molecule has 58 valence electrons. The Morgan fingerprint density at radius 3 is 2.50 bits per heavy atom. The molecule has 3 N–H and O–H groups in total. The number of carboxylic acids is 1. The smallest absolute Gasteiger partial charge is 0.328 e. The van der Waals surface area contributed by atoms with Crippen LogP contribution in [0.5, 0.6) is 0 Å². The van der Waals surface area contributed by atoms with Crippen molar-refractivity contribution in [2.24, 2.45) is 0 Å². The summed E-state index contributed by atoms with van der Waals surface area (Å²) in [6.45, 7) is -2.44. The second-order valence-electron chi connectivity index (χ2n) is 1.47. The van der Waals surface area contributed by atoms with E-state index in [0.29, 0.717) is 0 Å². The first-order valence-corrected chi connectivity index (χ1v) is 2.36. The maximum absolute atomic E-state index is 10.4. The van der Waals surface area contributed by atoms with E-state index in [4.69, 9.17) is 14.3 Å². The van der Waals surface area contributed by atoms with Crippen molar-refractivity contribution in [3.8, 4) is 0 Å². The largest absolute Gasteiger partial charge is 0.480 e. The summed E-state index contributed by atoms with van der Waals surface area (Å²) in [6, 6.07) is -3.08. The summed E-state index contributed by atoms with van der Waals surface area (Å²) >= 11 is 0. The zero-order valence-corrected chi connectivity index (χ0v) is 5.21. The van der Waals surface area contributed by atoms with E-state index in [1.165, 1.54) is 5.32 Å². The molecular weight excluding hydrogens is 138 g/mol. The summed E-state index contributed by atoms with van der Waals surface area (Å²) in [4.78, 5) is 20.8. The Kier molecular flexibility index (Phi) is 1.79. The van der Waals surface area contributed by atoms with Gasteiger partial charge in [-0.15, -0.1) is 0 Å². The molecule has 0 radical (unpaired) electrons. The molecule has 1 unspecified atom stereocenters. The van der Waals surface area contributed by atoms with Crippen LogP contribution >= 0.6 is 0 Å². The van der Waals surface area contributed by atoms with E-state index in [1.54, 1.807) is 0 Å². The van der Waals surface area contributed by atoms with Gasteiger partial charge >= 0.3 is 5.97 Å². The minimum absolute atomic E-state index is 0.915. The molecule has 0 spiro atoms. The second-order valence-corrected chi connectivity index (χ2v) is 1.47. The van der Waals surface area contributed by atoms with Crippen LogP contribution < -0.4 is 5.32 Å². The highest BCUT2D eigenvalue weighted by molar-refractivity contribution is 5.82. The van der Waals surface area contributed by atoms with Gasteiger partial charge in [-0.25, -0.2) is 4.79 Å². The van der Waals surface area contributed by atoms with E-state index in [0.717, 1.165) is 6.92 Å². The molecule has 0 aromatic carbocycles. The first-order chi connectivity index (χ1) is 5.61. The zero-order chi connectivity index (χ0) is 10.9. The molecule has 0 saturated carbocycles. The molecule has 5 heteroatoms. The van der Waals surface area contributed by atoms with E-state index < -0.39 is 24.5 Å². The minimum atomic E-state index is -3.36. The van der Waals surface area contributed by atoms with E-state index in [-0.39, 0.29) is 0 Å². The number of carbonyl (C=O) groups is 2. The van der Waals surface area contributed by atoms with Crippen LogP contribution in [-0.2, 0) is 9.59 Å². The van der Waals surface area contributed by atoms with Crippen molar-refractivity contribution in [3.05, 3.63) is 0 Å². The summed E-state index contributed by atoms with van der Waals surface area (Å²) < 4.78 is 20.3. The average molecular weight is 150 g/mol. The number of hydrogen-bond acceptors (Lipinski definition) is 3. The number of aliphatic hydroxyl groups is 1. The Labute approximate surface area is 61.9 Å². The van der Waals surface area contributed by atoms with Crippen molar-refractivity contribution in [1.82, 2.24) is 5.32 Å². The van der Waals surface area contributed by atoms with Crippen LogP contribution in [0.3, 0.4) is 0 Å². The van der Waals surface area contributed by atoms with Crippen LogP contribution in [0.15, 0.2) is 0 Å². The molecule has 1 amide bonds. The molecule has 5 nitrogen and oxygen atoms in total. The van der Waals surface area contributed by atoms with Crippen molar-refractivity contribution < 1.29 is 23.9 Å². The normalized spacial score (nSPS) is 21.2. The first-order valence-electron chi connectivity index (χ1n) is 3.86.